The number of aryl methyl sites for hydroxylation is 1. The van der Waals surface area contributed by atoms with Crippen molar-refractivity contribution in [2.75, 3.05) is 13.7 Å². The van der Waals surface area contributed by atoms with Crippen LogP contribution in [-0.2, 0) is 4.74 Å². The van der Waals surface area contributed by atoms with Crippen LogP contribution in [-0.4, -0.2) is 24.8 Å². The summed E-state index contributed by atoms with van der Waals surface area (Å²) in [5, 5.41) is 16.7. The highest BCUT2D eigenvalue weighted by Crippen LogP contribution is 2.35. The molecule has 170 valence electrons. The topological polar surface area (TPSA) is 84.4 Å². The van der Waals surface area contributed by atoms with Gasteiger partial charge in [0.15, 0.2) is 17.7 Å². The molecule has 2 unspecified atom stereocenters. The lowest BCUT2D eigenvalue weighted by molar-refractivity contribution is -0.731. The van der Waals surface area contributed by atoms with E-state index < -0.39 is 0 Å². The zero-order valence-corrected chi connectivity index (χ0v) is 19.0. The number of para-hydroxylation sites is 1. The molecule has 4 N–H and O–H groups in total. The van der Waals surface area contributed by atoms with E-state index >= 15 is 0 Å². The van der Waals surface area contributed by atoms with Crippen LogP contribution in [0.3, 0.4) is 0 Å². The molecular formula is C27H29N2O4+. The van der Waals surface area contributed by atoms with Gasteiger partial charge in [0.25, 0.3) is 0 Å². The highest BCUT2D eigenvalue weighted by molar-refractivity contribution is 5.89. The summed E-state index contributed by atoms with van der Waals surface area (Å²) < 4.78 is 10.4. The molecule has 3 aromatic carbocycles. The minimum atomic E-state index is -0.363. The molecule has 2 atom stereocenters. The van der Waals surface area contributed by atoms with Gasteiger partial charge in [-0.25, -0.2) is 4.79 Å². The number of carbonyl (C=O) groups excluding carboxylic acids is 1. The van der Waals surface area contributed by atoms with E-state index in [0.29, 0.717) is 17.9 Å². The molecule has 33 heavy (non-hydrogen) atoms. The summed E-state index contributed by atoms with van der Waals surface area (Å²) in [5.41, 5.74) is 5.52. The molecule has 6 heteroatoms. The molecule has 4 rings (SSSR count). The largest absolute Gasteiger partial charge is 0.504 e. The Balaban J connectivity index is 1.72. The molecule has 1 aliphatic rings. The van der Waals surface area contributed by atoms with Gasteiger partial charge >= 0.3 is 5.97 Å². The number of nitrogens with two attached hydrogens (primary N) is 1. The quantitative estimate of drug-likeness (QED) is 0.502. The predicted octanol–water partition coefficient (Wildman–Crippen LogP) is 3.83. The van der Waals surface area contributed by atoms with E-state index in [1.807, 2.05) is 31.2 Å². The maximum atomic E-state index is 11.8. The number of methoxy groups -OCH3 is 1. The molecule has 0 amide bonds. The standard InChI is InChI=1S/C27H28N2O4/c1-4-33-24-7-5-6-21(25(24)30)23-16-22(18-10-8-17(2)9-11-18)28-26(29-23)19-12-14-20(15-13-19)27(31)32-3/h5-16,23,26,28-30H,4H2,1-3H3/p+1. The Bertz CT molecular complexity index is 1150. The van der Waals surface area contributed by atoms with E-state index in [4.69, 9.17) is 9.47 Å². The molecule has 0 bridgehead atoms. The summed E-state index contributed by atoms with van der Waals surface area (Å²) in [6.45, 7) is 4.44. The maximum Gasteiger partial charge on any atom is 0.337 e. The van der Waals surface area contributed by atoms with E-state index in [1.54, 1.807) is 18.2 Å². The summed E-state index contributed by atoms with van der Waals surface area (Å²) in [5.74, 6) is 0.269. The summed E-state index contributed by atoms with van der Waals surface area (Å²) >= 11 is 0. The summed E-state index contributed by atoms with van der Waals surface area (Å²) in [6, 6.07) is 21.2. The Hall–Kier alpha value is -3.77. The summed E-state index contributed by atoms with van der Waals surface area (Å²) in [6.07, 6.45) is 1.99. The highest BCUT2D eigenvalue weighted by Gasteiger charge is 2.30. The minimum Gasteiger partial charge on any atom is -0.504 e. The number of nitrogens with one attached hydrogen (secondary N) is 1. The van der Waals surface area contributed by atoms with Gasteiger partial charge in [0.1, 0.15) is 6.04 Å². The Morgan fingerprint density at radius 2 is 1.79 bits per heavy atom. The van der Waals surface area contributed by atoms with Crippen LogP contribution in [0.5, 0.6) is 11.5 Å². The molecular weight excluding hydrogens is 416 g/mol. The lowest BCUT2D eigenvalue weighted by Crippen LogP contribution is -2.89. The molecule has 0 fully saturated rings. The first-order valence-electron chi connectivity index (χ1n) is 11.0. The lowest BCUT2D eigenvalue weighted by atomic mass is 9.97. The fourth-order valence-corrected chi connectivity index (χ4v) is 4.03. The van der Waals surface area contributed by atoms with Crippen LogP contribution in [0.2, 0.25) is 0 Å². The van der Waals surface area contributed by atoms with Crippen molar-refractivity contribution in [3.05, 3.63) is 101 Å². The van der Waals surface area contributed by atoms with E-state index in [1.165, 1.54) is 12.7 Å². The zero-order chi connectivity index (χ0) is 23.4. The molecule has 0 aliphatic carbocycles. The third-order valence-electron chi connectivity index (χ3n) is 5.80. The molecule has 0 spiro atoms. The number of ether oxygens (including phenoxy) is 2. The molecule has 3 aromatic rings. The van der Waals surface area contributed by atoms with Crippen LogP contribution in [0, 0.1) is 6.92 Å². The predicted molar refractivity (Wildman–Crippen MR) is 127 cm³/mol. The van der Waals surface area contributed by atoms with Gasteiger partial charge in [0.2, 0.25) is 0 Å². The Morgan fingerprint density at radius 1 is 1.06 bits per heavy atom. The van der Waals surface area contributed by atoms with Crippen molar-refractivity contribution >= 4 is 11.7 Å². The number of rotatable bonds is 6. The van der Waals surface area contributed by atoms with Gasteiger partial charge in [0, 0.05) is 17.3 Å². The monoisotopic (exact) mass is 445 g/mol. The smallest absolute Gasteiger partial charge is 0.337 e. The number of aromatic hydroxyl groups is 1. The van der Waals surface area contributed by atoms with Crippen LogP contribution in [0.25, 0.3) is 5.70 Å². The zero-order valence-electron chi connectivity index (χ0n) is 19.0. The third-order valence-corrected chi connectivity index (χ3v) is 5.80. The number of phenols is 1. The summed E-state index contributed by atoms with van der Waals surface area (Å²) in [7, 11) is 1.37. The number of esters is 1. The van der Waals surface area contributed by atoms with Crippen molar-refractivity contribution in [1.82, 2.24) is 5.32 Å². The molecule has 1 aliphatic heterocycles. The first-order chi connectivity index (χ1) is 16.0. The molecule has 1 heterocycles. The number of quaternary nitrogens is 1. The Labute approximate surface area is 193 Å². The fourth-order valence-electron chi connectivity index (χ4n) is 4.03. The van der Waals surface area contributed by atoms with E-state index in [2.05, 4.69) is 47.9 Å². The number of benzene rings is 3. The first-order valence-corrected chi connectivity index (χ1v) is 11.0. The number of phenolic OH excluding ortho intramolecular Hbond substituents is 1. The first kappa shape index (κ1) is 22.4. The number of carbonyl (C=O) groups is 1. The van der Waals surface area contributed by atoms with E-state index in [0.717, 1.165) is 22.4 Å². The van der Waals surface area contributed by atoms with Crippen molar-refractivity contribution in [1.29, 1.82) is 0 Å². The van der Waals surface area contributed by atoms with Crippen molar-refractivity contribution in [3.8, 4) is 11.5 Å². The lowest BCUT2D eigenvalue weighted by Gasteiger charge is -2.30. The van der Waals surface area contributed by atoms with Gasteiger partial charge in [-0.3, -0.25) is 0 Å². The Kier molecular flexibility index (Phi) is 6.66. The van der Waals surface area contributed by atoms with Crippen LogP contribution >= 0.6 is 0 Å². The maximum absolute atomic E-state index is 11.8. The van der Waals surface area contributed by atoms with Gasteiger partial charge in [-0.2, -0.15) is 0 Å². The molecule has 0 saturated heterocycles. The van der Waals surface area contributed by atoms with E-state index in [-0.39, 0.29) is 23.9 Å². The van der Waals surface area contributed by atoms with Gasteiger partial charge in [-0.1, -0.05) is 48.0 Å². The number of hydrogen-bond donors (Lipinski definition) is 3. The van der Waals surface area contributed by atoms with Crippen LogP contribution in [0.15, 0.2) is 72.8 Å². The normalized spacial score (nSPS) is 17.6. The van der Waals surface area contributed by atoms with Crippen LogP contribution in [0.1, 0.15) is 51.7 Å². The second-order valence-electron chi connectivity index (χ2n) is 8.03. The molecule has 0 radical (unpaired) electrons. The van der Waals surface area contributed by atoms with Crippen molar-refractivity contribution in [3.63, 3.8) is 0 Å². The molecule has 0 aromatic heterocycles. The third kappa shape index (κ3) is 4.86. The number of hydrogen-bond acceptors (Lipinski definition) is 5. The summed E-state index contributed by atoms with van der Waals surface area (Å²) in [4.78, 5) is 11.8. The second-order valence-corrected chi connectivity index (χ2v) is 8.03. The molecule has 0 saturated carbocycles. The highest BCUT2D eigenvalue weighted by atomic mass is 16.5. The van der Waals surface area contributed by atoms with Gasteiger partial charge in [0.05, 0.1) is 24.8 Å². The minimum absolute atomic E-state index is 0.127. The van der Waals surface area contributed by atoms with Crippen molar-refractivity contribution < 1.29 is 24.7 Å². The average Bonchev–Trinajstić information content (AvgIpc) is 2.85. The van der Waals surface area contributed by atoms with Crippen LogP contribution in [0.4, 0.5) is 0 Å². The van der Waals surface area contributed by atoms with Crippen molar-refractivity contribution in [2.45, 2.75) is 26.1 Å². The fraction of sp³-hybridized carbons (Fsp3) is 0.222. The SMILES string of the molecule is CCOc1cccc(C2C=C(c3ccc(C)cc3)NC(c3ccc(C(=O)OC)cc3)[NH2+]2)c1O. The Morgan fingerprint density at radius 3 is 2.45 bits per heavy atom. The van der Waals surface area contributed by atoms with Gasteiger partial charge in [-0.05, 0) is 43.7 Å². The second kappa shape index (κ2) is 9.79. The average molecular weight is 446 g/mol. The van der Waals surface area contributed by atoms with Gasteiger partial charge < -0.3 is 25.2 Å². The van der Waals surface area contributed by atoms with Gasteiger partial charge in [-0.15, -0.1) is 0 Å². The van der Waals surface area contributed by atoms with E-state index in [9.17, 15) is 9.90 Å². The van der Waals surface area contributed by atoms with Crippen LogP contribution < -0.4 is 15.4 Å². The molecule has 6 nitrogen and oxygen atoms in total. The van der Waals surface area contributed by atoms with Crippen molar-refractivity contribution in [2.24, 2.45) is 0 Å².